The lowest BCUT2D eigenvalue weighted by molar-refractivity contribution is -0.192. The Morgan fingerprint density at radius 2 is 1.84 bits per heavy atom. The molecule has 0 saturated heterocycles. The number of hydrogen-bond acceptors (Lipinski definition) is 1. The SMILES string of the molecule is OC1(Cc2cccc(F)c2)CCC(C(F)(F)F)CC1. The van der Waals surface area contributed by atoms with Gasteiger partial charge >= 0.3 is 6.18 Å². The number of aliphatic hydroxyl groups is 1. The van der Waals surface area contributed by atoms with Crippen molar-refractivity contribution in [3.8, 4) is 0 Å². The van der Waals surface area contributed by atoms with E-state index in [1.165, 1.54) is 18.2 Å². The molecule has 106 valence electrons. The molecule has 1 nitrogen and oxygen atoms in total. The fourth-order valence-electron chi connectivity index (χ4n) is 2.69. The van der Waals surface area contributed by atoms with Gasteiger partial charge < -0.3 is 5.11 Å². The molecule has 1 fully saturated rings. The van der Waals surface area contributed by atoms with E-state index < -0.39 is 23.5 Å². The van der Waals surface area contributed by atoms with Crippen LogP contribution in [0.25, 0.3) is 0 Å². The lowest BCUT2D eigenvalue weighted by Crippen LogP contribution is -2.39. The molecule has 1 aliphatic rings. The van der Waals surface area contributed by atoms with Gasteiger partial charge in [-0.2, -0.15) is 13.2 Å². The highest BCUT2D eigenvalue weighted by atomic mass is 19.4. The molecule has 0 atom stereocenters. The summed E-state index contributed by atoms with van der Waals surface area (Å²) in [4.78, 5) is 0. The van der Waals surface area contributed by atoms with Crippen molar-refractivity contribution in [2.45, 2.75) is 43.9 Å². The van der Waals surface area contributed by atoms with Crippen molar-refractivity contribution in [1.82, 2.24) is 0 Å². The summed E-state index contributed by atoms with van der Waals surface area (Å²) in [6, 6.07) is 5.83. The molecule has 0 radical (unpaired) electrons. The second kappa shape index (κ2) is 5.12. The normalized spacial score (nSPS) is 28.4. The topological polar surface area (TPSA) is 20.2 Å². The maximum Gasteiger partial charge on any atom is 0.391 e. The summed E-state index contributed by atoms with van der Waals surface area (Å²) in [7, 11) is 0. The van der Waals surface area contributed by atoms with Crippen molar-refractivity contribution in [2.75, 3.05) is 0 Å². The molecule has 5 heteroatoms. The highest BCUT2D eigenvalue weighted by Gasteiger charge is 2.45. The van der Waals surface area contributed by atoms with Gasteiger partial charge in [-0.3, -0.25) is 0 Å². The number of benzene rings is 1. The third kappa shape index (κ3) is 3.69. The van der Waals surface area contributed by atoms with E-state index in [0.717, 1.165) is 0 Å². The Kier molecular flexibility index (Phi) is 3.85. The summed E-state index contributed by atoms with van der Waals surface area (Å²) in [6.45, 7) is 0. The number of hydrogen-bond donors (Lipinski definition) is 1. The average molecular weight is 276 g/mol. The van der Waals surface area contributed by atoms with Crippen LogP contribution in [-0.2, 0) is 6.42 Å². The Bertz CT molecular complexity index is 433. The molecule has 1 aromatic rings. The summed E-state index contributed by atoms with van der Waals surface area (Å²) in [5.41, 5.74) is -0.525. The van der Waals surface area contributed by atoms with Crippen LogP contribution in [-0.4, -0.2) is 16.9 Å². The Morgan fingerprint density at radius 1 is 1.21 bits per heavy atom. The molecule has 0 bridgehead atoms. The maximum atomic E-state index is 13.0. The highest BCUT2D eigenvalue weighted by molar-refractivity contribution is 5.18. The molecule has 0 aromatic heterocycles. The van der Waals surface area contributed by atoms with Gasteiger partial charge in [-0.15, -0.1) is 0 Å². The van der Waals surface area contributed by atoms with Crippen molar-refractivity contribution in [1.29, 1.82) is 0 Å². The molecule has 1 saturated carbocycles. The van der Waals surface area contributed by atoms with Gasteiger partial charge in [0.2, 0.25) is 0 Å². The zero-order valence-electron chi connectivity index (χ0n) is 10.4. The Balaban J connectivity index is 1.99. The molecule has 0 amide bonds. The third-order valence-corrected chi connectivity index (χ3v) is 3.80. The molecule has 19 heavy (non-hydrogen) atoms. The average Bonchev–Trinajstić information content (AvgIpc) is 2.27. The van der Waals surface area contributed by atoms with Crippen molar-refractivity contribution in [2.24, 2.45) is 5.92 Å². The van der Waals surface area contributed by atoms with Gasteiger partial charge in [0.25, 0.3) is 0 Å². The number of rotatable bonds is 2. The van der Waals surface area contributed by atoms with Crippen LogP contribution < -0.4 is 0 Å². The van der Waals surface area contributed by atoms with Crippen molar-refractivity contribution >= 4 is 0 Å². The van der Waals surface area contributed by atoms with Crippen molar-refractivity contribution in [3.05, 3.63) is 35.6 Å². The predicted molar refractivity (Wildman–Crippen MR) is 63.1 cm³/mol. The molecule has 0 unspecified atom stereocenters. The van der Waals surface area contributed by atoms with Gasteiger partial charge in [0, 0.05) is 6.42 Å². The first-order valence-electron chi connectivity index (χ1n) is 6.32. The van der Waals surface area contributed by atoms with Crippen molar-refractivity contribution in [3.63, 3.8) is 0 Å². The van der Waals surface area contributed by atoms with E-state index in [-0.39, 0.29) is 32.1 Å². The monoisotopic (exact) mass is 276 g/mol. The van der Waals surface area contributed by atoms with E-state index in [2.05, 4.69) is 0 Å². The van der Waals surface area contributed by atoms with Gasteiger partial charge in [-0.05, 0) is 43.4 Å². The Labute approximate surface area is 109 Å². The van der Waals surface area contributed by atoms with Crippen LogP contribution in [0.2, 0.25) is 0 Å². The van der Waals surface area contributed by atoms with Crippen LogP contribution in [0.1, 0.15) is 31.2 Å². The molecule has 0 heterocycles. The van der Waals surface area contributed by atoms with Crippen LogP contribution in [0.5, 0.6) is 0 Å². The zero-order valence-corrected chi connectivity index (χ0v) is 10.4. The lowest BCUT2D eigenvalue weighted by atomic mass is 9.75. The van der Waals surface area contributed by atoms with Gasteiger partial charge in [0.1, 0.15) is 5.82 Å². The quantitative estimate of drug-likeness (QED) is 0.813. The Hall–Kier alpha value is -1.10. The fourth-order valence-corrected chi connectivity index (χ4v) is 2.69. The summed E-state index contributed by atoms with van der Waals surface area (Å²) in [5.74, 6) is -1.72. The molecule has 2 rings (SSSR count). The van der Waals surface area contributed by atoms with Crippen LogP contribution in [0.15, 0.2) is 24.3 Å². The van der Waals surface area contributed by atoms with Gasteiger partial charge in [0.05, 0.1) is 11.5 Å². The first kappa shape index (κ1) is 14.3. The predicted octanol–water partition coefficient (Wildman–Crippen LogP) is 3.85. The van der Waals surface area contributed by atoms with E-state index in [9.17, 15) is 22.7 Å². The minimum Gasteiger partial charge on any atom is -0.390 e. The maximum absolute atomic E-state index is 13.0. The molecule has 0 aliphatic heterocycles. The van der Waals surface area contributed by atoms with E-state index in [1.54, 1.807) is 6.07 Å². The van der Waals surface area contributed by atoms with Gasteiger partial charge in [-0.25, -0.2) is 4.39 Å². The zero-order chi connectivity index (χ0) is 14.1. The minimum atomic E-state index is -4.18. The van der Waals surface area contributed by atoms with Crippen LogP contribution in [0, 0.1) is 11.7 Å². The number of alkyl halides is 3. The summed E-state index contributed by atoms with van der Waals surface area (Å²) >= 11 is 0. The molecular formula is C14H16F4O. The fraction of sp³-hybridized carbons (Fsp3) is 0.571. The first-order valence-corrected chi connectivity index (χ1v) is 6.32. The van der Waals surface area contributed by atoms with Crippen LogP contribution in [0.4, 0.5) is 17.6 Å². The summed E-state index contributed by atoms with van der Waals surface area (Å²) in [6.07, 6.45) is -3.89. The smallest absolute Gasteiger partial charge is 0.390 e. The second-order valence-corrected chi connectivity index (χ2v) is 5.35. The van der Waals surface area contributed by atoms with Crippen LogP contribution in [0.3, 0.4) is 0 Å². The van der Waals surface area contributed by atoms with E-state index in [4.69, 9.17) is 0 Å². The molecule has 1 N–H and O–H groups in total. The highest BCUT2D eigenvalue weighted by Crippen LogP contribution is 2.42. The van der Waals surface area contributed by atoms with E-state index >= 15 is 0 Å². The number of halogens is 4. The van der Waals surface area contributed by atoms with Gasteiger partial charge in [0.15, 0.2) is 0 Å². The standard InChI is InChI=1S/C14H16F4O/c15-12-3-1-2-10(8-12)9-13(19)6-4-11(5-7-13)14(16,17)18/h1-3,8,11,19H,4-7,9H2. The molecular weight excluding hydrogens is 260 g/mol. The van der Waals surface area contributed by atoms with Crippen LogP contribution >= 0.6 is 0 Å². The first-order chi connectivity index (χ1) is 8.78. The molecule has 0 spiro atoms. The second-order valence-electron chi connectivity index (χ2n) is 5.35. The molecule has 1 aliphatic carbocycles. The summed E-state index contributed by atoms with van der Waals surface area (Å²) < 4.78 is 50.7. The minimum absolute atomic E-state index is 0.0602. The molecule has 1 aromatic carbocycles. The van der Waals surface area contributed by atoms with Gasteiger partial charge in [-0.1, -0.05) is 12.1 Å². The van der Waals surface area contributed by atoms with E-state index in [1.807, 2.05) is 0 Å². The summed E-state index contributed by atoms with van der Waals surface area (Å²) in [5, 5.41) is 10.3. The lowest BCUT2D eigenvalue weighted by Gasteiger charge is -2.36. The third-order valence-electron chi connectivity index (χ3n) is 3.80. The largest absolute Gasteiger partial charge is 0.391 e. The Morgan fingerprint density at radius 3 is 2.37 bits per heavy atom. The van der Waals surface area contributed by atoms with E-state index in [0.29, 0.717) is 5.56 Å². The van der Waals surface area contributed by atoms with Crippen molar-refractivity contribution < 1.29 is 22.7 Å².